The molecule has 2 N–H and O–H groups in total. The van der Waals surface area contributed by atoms with E-state index in [1.165, 1.54) is 5.56 Å². The zero-order valence-corrected chi connectivity index (χ0v) is 11.8. The smallest absolute Gasteiger partial charge is 0.221 e. The predicted octanol–water partition coefficient (Wildman–Crippen LogP) is 0.987. The van der Waals surface area contributed by atoms with Crippen LogP contribution in [0.5, 0.6) is 0 Å². The Morgan fingerprint density at radius 3 is 2.83 bits per heavy atom. The molecule has 1 aromatic heterocycles. The predicted molar refractivity (Wildman–Crippen MR) is 72.2 cm³/mol. The number of hydrogen-bond acceptors (Lipinski definition) is 3. The minimum absolute atomic E-state index is 0.0967. The zero-order chi connectivity index (χ0) is 13.5. The van der Waals surface area contributed by atoms with Crippen LogP contribution in [0.25, 0.3) is 0 Å². The standard InChI is InChI=1S/C13H24N4O/c1-5-12-11(9-17(4)16-12)8-14-7-6-13(18)15-10(2)3/h9-10,14H,5-8H2,1-4H3,(H,15,18). The first-order chi connectivity index (χ1) is 8.52. The Morgan fingerprint density at radius 1 is 1.50 bits per heavy atom. The fourth-order valence-electron chi connectivity index (χ4n) is 1.85. The minimum Gasteiger partial charge on any atom is -0.354 e. The van der Waals surface area contributed by atoms with Crippen molar-refractivity contribution in [2.75, 3.05) is 6.54 Å². The van der Waals surface area contributed by atoms with Crippen molar-refractivity contribution in [1.82, 2.24) is 20.4 Å². The molecular formula is C13H24N4O. The molecule has 1 amide bonds. The van der Waals surface area contributed by atoms with Crippen molar-refractivity contribution in [2.24, 2.45) is 7.05 Å². The number of rotatable bonds is 7. The van der Waals surface area contributed by atoms with Crippen molar-refractivity contribution < 1.29 is 4.79 Å². The number of hydrogen-bond donors (Lipinski definition) is 2. The van der Waals surface area contributed by atoms with Crippen molar-refractivity contribution in [3.63, 3.8) is 0 Å². The normalized spacial score (nSPS) is 10.9. The highest BCUT2D eigenvalue weighted by atomic mass is 16.1. The molecule has 0 aromatic carbocycles. The monoisotopic (exact) mass is 252 g/mol. The number of carbonyl (C=O) groups excluding carboxylic acids is 1. The summed E-state index contributed by atoms with van der Waals surface area (Å²) in [6.45, 7) is 7.49. The lowest BCUT2D eigenvalue weighted by Gasteiger charge is -2.08. The lowest BCUT2D eigenvalue weighted by atomic mass is 10.2. The Kier molecular flexibility index (Phi) is 5.85. The van der Waals surface area contributed by atoms with Gasteiger partial charge in [-0.05, 0) is 20.3 Å². The van der Waals surface area contributed by atoms with Crippen LogP contribution in [0.1, 0.15) is 38.4 Å². The Labute approximate surface area is 109 Å². The number of amides is 1. The molecule has 0 radical (unpaired) electrons. The van der Waals surface area contributed by atoms with Crippen LogP contribution in [0.2, 0.25) is 0 Å². The summed E-state index contributed by atoms with van der Waals surface area (Å²) in [6.07, 6.45) is 3.48. The summed E-state index contributed by atoms with van der Waals surface area (Å²) in [7, 11) is 1.93. The molecule has 0 aliphatic rings. The molecular weight excluding hydrogens is 228 g/mol. The van der Waals surface area contributed by atoms with Gasteiger partial charge in [-0.2, -0.15) is 5.10 Å². The molecule has 18 heavy (non-hydrogen) atoms. The van der Waals surface area contributed by atoms with Crippen LogP contribution in [-0.2, 0) is 24.8 Å². The van der Waals surface area contributed by atoms with Crippen molar-refractivity contribution in [1.29, 1.82) is 0 Å². The molecule has 5 nitrogen and oxygen atoms in total. The molecule has 0 saturated heterocycles. The summed E-state index contributed by atoms with van der Waals surface area (Å²) in [5.74, 6) is 0.0967. The van der Waals surface area contributed by atoms with Crippen molar-refractivity contribution in [3.05, 3.63) is 17.5 Å². The molecule has 0 atom stereocenters. The topological polar surface area (TPSA) is 59.0 Å². The van der Waals surface area contributed by atoms with Gasteiger partial charge in [0.2, 0.25) is 5.91 Å². The van der Waals surface area contributed by atoms with E-state index in [0.717, 1.165) is 18.7 Å². The van der Waals surface area contributed by atoms with Gasteiger partial charge in [0, 0.05) is 44.4 Å². The first-order valence-corrected chi connectivity index (χ1v) is 6.54. The van der Waals surface area contributed by atoms with E-state index < -0.39 is 0 Å². The van der Waals surface area contributed by atoms with Gasteiger partial charge in [-0.15, -0.1) is 0 Å². The van der Waals surface area contributed by atoms with Crippen LogP contribution >= 0.6 is 0 Å². The van der Waals surface area contributed by atoms with Crippen LogP contribution in [0.4, 0.5) is 0 Å². The second-order valence-electron chi connectivity index (χ2n) is 4.78. The molecule has 102 valence electrons. The van der Waals surface area contributed by atoms with Crippen LogP contribution in [0.15, 0.2) is 6.20 Å². The lowest BCUT2D eigenvalue weighted by Crippen LogP contribution is -2.32. The average Bonchev–Trinajstić information content (AvgIpc) is 2.64. The second-order valence-corrected chi connectivity index (χ2v) is 4.78. The molecule has 1 aromatic rings. The zero-order valence-electron chi connectivity index (χ0n) is 11.8. The Hall–Kier alpha value is -1.36. The quantitative estimate of drug-likeness (QED) is 0.711. The van der Waals surface area contributed by atoms with E-state index in [2.05, 4.69) is 22.7 Å². The van der Waals surface area contributed by atoms with Gasteiger partial charge in [0.1, 0.15) is 0 Å². The van der Waals surface area contributed by atoms with Gasteiger partial charge in [-0.3, -0.25) is 9.48 Å². The van der Waals surface area contributed by atoms with Gasteiger partial charge >= 0.3 is 0 Å². The highest BCUT2D eigenvalue weighted by Crippen LogP contribution is 2.06. The fraction of sp³-hybridized carbons (Fsp3) is 0.692. The summed E-state index contributed by atoms with van der Waals surface area (Å²) in [5, 5.41) is 10.5. The van der Waals surface area contributed by atoms with Gasteiger partial charge in [-0.1, -0.05) is 6.92 Å². The highest BCUT2D eigenvalue weighted by molar-refractivity contribution is 5.76. The van der Waals surface area contributed by atoms with E-state index >= 15 is 0 Å². The average molecular weight is 252 g/mol. The van der Waals surface area contributed by atoms with Crippen LogP contribution in [0, 0.1) is 0 Å². The summed E-state index contributed by atoms with van der Waals surface area (Å²) >= 11 is 0. The molecule has 5 heteroatoms. The number of carbonyl (C=O) groups is 1. The van der Waals surface area contributed by atoms with E-state index in [9.17, 15) is 4.79 Å². The summed E-state index contributed by atoms with van der Waals surface area (Å²) < 4.78 is 1.83. The molecule has 1 heterocycles. The van der Waals surface area contributed by atoms with Gasteiger partial charge in [0.05, 0.1) is 5.69 Å². The maximum Gasteiger partial charge on any atom is 0.221 e. The van der Waals surface area contributed by atoms with Gasteiger partial charge in [0.25, 0.3) is 0 Å². The summed E-state index contributed by atoms with van der Waals surface area (Å²) in [6, 6.07) is 0.211. The van der Waals surface area contributed by atoms with E-state index in [1.54, 1.807) is 0 Å². The first-order valence-electron chi connectivity index (χ1n) is 6.54. The van der Waals surface area contributed by atoms with Crippen molar-refractivity contribution >= 4 is 5.91 Å². The third-order valence-electron chi connectivity index (χ3n) is 2.62. The van der Waals surface area contributed by atoms with Crippen molar-refractivity contribution in [2.45, 2.75) is 46.2 Å². The minimum atomic E-state index is 0.0967. The number of nitrogens with zero attached hydrogens (tertiary/aromatic N) is 2. The van der Waals surface area contributed by atoms with E-state index in [0.29, 0.717) is 13.0 Å². The molecule has 0 unspecified atom stereocenters. The van der Waals surface area contributed by atoms with E-state index in [-0.39, 0.29) is 11.9 Å². The van der Waals surface area contributed by atoms with Gasteiger partial charge < -0.3 is 10.6 Å². The first kappa shape index (κ1) is 14.7. The Morgan fingerprint density at radius 2 is 2.22 bits per heavy atom. The molecule has 0 spiro atoms. The van der Waals surface area contributed by atoms with Crippen LogP contribution in [0.3, 0.4) is 0 Å². The van der Waals surface area contributed by atoms with Gasteiger partial charge in [0.15, 0.2) is 0 Å². The summed E-state index contributed by atoms with van der Waals surface area (Å²) in [5.41, 5.74) is 2.33. The van der Waals surface area contributed by atoms with E-state index in [4.69, 9.17) is 0 Å². The third-order valence-corrected chi connectivity index (χ3v) is 2.62. The molecule has 0 aliphatic heterocycles. The molecule has 0 bridgehead atoms. The van der Waals surface area contributed by atoms with Gasteiger partial charge in [-0.25, -0.2) is 0 Å². The van der Waals surface area contributed by atoms with Crippen molar-refractivity contribution in [3.8, 4) is 0 Å². The molecule has 1 rings (SSSR count). The number of aromatic nitrogens is 2. The third kappa shape index (κ3) is 4.87. The highest BCUT2D eigenvalue weighted by Gasteiger charge is 2.06. The Bertz CT molecular complexity index is 384. The maximum atomic E-state index is 11.4. The number of nitrogens with one attached hydrogen (secondary N) is 2. The molecule has 0 aliphatic carbocycles. The maximum absolute atomic E-state index is 11.4. The summed E-state index contributed by atoms with van der Waals surface area (Å²) in [4.78, 5) is 11.4. The van der Waals surface area contributed by atoms with E-state index in [1.807, 2.05) is 31.8 Å². The lowest BCUT2D eigenvalue weighted by molar-refractivity contribution is -0.121. The fourth-order valence-corrected chi connectivity index (χ4v) is 1.85. The second kappa shape index (κ2) is 7.16. The molecule has 0 fully saturated rings. The Balaban J connectivity index is 2.27. The number of aryl methyl sites for hydroxylation is 2. The molecule has 0 saturated carbocycles. The van der Waals surface area contributed by atoms with Crippen LogP contribution < -0.4 is 10.6 Å². The SMILES string of the molecule is CCc1nn(C)cc1CNCCC(=O)NC(C)C. The van der Waals surface area contributed by atoms with Crippen LogP contribution in [-0.4, -0.2) is 28.3 Å². The largest absolute Gasteiger partial charge is 0.354 e.